The minimum Gasteiger partial charge on any atom is -0.378 e. The summed E-state index contributed by atoms with van der Waals surface area (Å²) in [5.41, 5.74) is 0.290. The van der Waals surface area contributed by atoms with Crippen LogP contribution < -0.4 is 10.2 Å². The number of nitrogens with one attached hydrogen (secondary N) is 1. The molecule has 3 aromatic rings. The van der Waals surface area contributed by atoms with Gasteiger partial charge in [0.15, 0.2) is 0 Å². The van der Waals surface area contributed by atoms with Crippen LogP contribution in [0.15, 0.2) is 48.5 Å². The highest BCUT2D eigenvalue weighted by atomic mass is 19.4. The summed E-state index contributed by atoms with van der Waals surface area (Å²) >= 11 is 0. The van der Waals surface area contributed by atoms with Gasteiger partial charge in [-0.25, -0.2) is 4.98 Å². The molecule has 0 atom stereocenters. The fourth-order valence-electron chi connectivity index (χ4n) is 3.03. The number of ether oxygens (including phenoxy) is 1. The van der Waals surface area contributed by atoms with Crippen molar-refractivity contribution < 1.29 is 17.9 Å². The second kappa shape index (κ2) is 7.03. The Balaban J connectivity index is 1.72. The molecule has 2 aromatic carbocycles. The van der Waals surface area contributed by atoms with Crippen molar-refractivity contribution in [2.24, 2.45) is 0 Å². The molecule has 0 bridgehead atoms. The van der Waals surface area contributed by atoms with Crippen molar-refractivity contribution in [2.75, 3.05) is 36.5 Å². The molecule has 2 heterocycles. The van der Waals surface area contributed by atoms with E-state index in [0.717, 1.165) is 28.9 Å². The van der Waals surface area contributed by atoms with E-state index in [4.69, 9.17) is 4.74 Å². The molecule has 0 radical (unpaired) electrons. The molecule has 1 saturated heterocycles. The number of aromatic nitrogens is 2. The lowest BCUT2D eigenvalue weighted by atomic mass is 10.2. The number of alkyl halides is 3. The summed E-state index contributed by atoms with van der Waals surface area (Å²) in [6, 6.07) is 12.6. The number of hydrogen-bond donors (Lipinski definition) is 1. The largest absolute Gasteiger partial charge is 0.416 e. The maximum Gasteiger partial charge on any atom is 0.416 e. The van der Waals surface area contributed by atoms with E-state index in [2.05, 4.69) is 20.2 Å². The molecule has 1 N–H and O–H groups in total. The number of benzene rings is 2. The Morgan fingerprint density at radius 1 is 0.963 bits per heavy atom. The molecule has 0 aliphatic carbocycles. The van der Waals surface area contributed by atoms with Gasteiger partial charge in [-0.3, -0.25) is 0 Å². The average molecular weight is 374 g/mol. The SMILES string of the molecule is FC(F)(F)c1cccc(Nc2nc(N3CCOCC3)c3ccccc3n2)c1. The Morgan fingerprint density at radius 3 is 2.52 bits per heavy atom. The van der Waals surface area contributed by atoms with Gasteiger partial charge in [-0.15, -0.1) is 0 Å². The second-order valence-electron chi connectivity index (χ2n) is 6.19. The van der Waals surface area contributed by atoms with E-state index >= 15 is 0 Å². The highest BCUT2D eigenvalue weighted by Gasteiger charge is 2.30. The van der Waals surface area contributed by atoms with E-state index < -0.39 is 11.7 Å². The Bertz CT molecular complexity index is 955. The number of halogens is 3. The van der Waals surface area contributed by atoms with Crippen LogP contribution in [0.25, 0.3) is 10.9 Å². The number of morpholine rings is 1. The zero-order valence-corrected chi connectivity index (χ0v) is 14.3. The van der Waals surface area contributed by atoms with Crippen LogP contribution in [0.2, 0.25) is 0 Å². The summed E-state index contributed by atoms with van der Waals surface area (Å²) in [7, 11) is 0. The van der Waals surface area contributed by atoms with Gasteiger partial charge in [-0.05, 0) is 30.3 Å². The van der Waals surface area contributed by atoms with Gasteiger partial charge in [0.2, 0.25) is 5.95 Å². The molecule has 0 unspecified atom stereocenters. The maximum absolute atomic E-state index is 12.9. The number of anilines is 3. The molecular weight excluding hydrogens is 357 g/mol. The quantitative estimate of drug-likeness (QED) is 0.744. The Labute approximate surface area is 153 Å². The van der Waals surface area contributed by atoms with Crippen LogP contribution in [0.3, 0.4) is 0 Å². The monoisotopic (exact) mass is 374 g/mol. The maximum atomic E-state index is 12.9. The third kappa shape index (κ3) is 3.80. The molecule has 0 amide bonds. The first kappa shape index (κ1) is 17.5. The normalized spacial score (nSPS) is 15.1. The molecule has 8 heteroatoms. The molecule has 1 aliphatic rings. The van der Waals surface area contributed by atoms with Gasteiger partial charge in [0.05, 0.1) is 24.3 Å². The van der Waals surface area contributed by atoms with E-state index in [1.165, 1.54) is 6.07 Å². The van der Waals surface area contributed by atoms with Crippen LogP contribution in [0.4, 0.5) is 30.6 Å². The summed E-state index contributed by atoms with van der Waals surface area (Å²) in [4.78, 5) is 11.1. The first-order valence-corrected chi connectivity index (χ1v) is 8.54. The molecule has 5 nitrogen and oxygen atoms in total. The fraction of sp³-hybridized carbons (Fsp3) is 0.263. The third-order valence-corrected chi connectivity index (χ3v) is 4.34. The van der Waals surface area contributed by atoms with Crippen LogP contribution in [-0.4, -0.2) is 36.3 Å². The van der Waals surface area contributed by atoms with Crippen molar-refractivity contribution in [1.29, 1.82) is 0 Å². The number of hydrogen-bond acceptors (Lipinski definition) is 5. The number of rotatable bonds is 3. The Morgan fingerprint density at radius 2 is 1.74 bits per heavy atom. The zero-order chi connectivity index (χ0) is 18.9. The van der Waals surface area contributed by atoms with Gasteiger partial charge < -0.3 is 15.0 Å². The molecule has 140 valence electrons. The lowest BCUT2D eigenvalue weighted by Crippen LogP contribution is -2.37. The van der Waals surface area contributed by atoms with Crippen LogP contribution in [0.1, 0.15) is 5.56 Å². The van der Waals surface area contributed by atoms with E-state index in [9.17, 15) is 13.2 Å². The number of nitrogens with zero attached hydrogens (tertiary/aromatic N) is 3. The van der Waals surface area contributed by atoms with Crippen molar-refractivity contribution in [1.82, 2.24) is 9.97 Å². The van der Waals surface area contributed by atoms with E-state index in [1.807, 2.05) is 24.3 Å². The van der Waals surface area contributed by atoms with Gasteiger partial charge in [-0.1, -0.05) is 18.2 Å². The molecule has 0 saturated carbocycles. The molecule has 1 aromatic heterocycles. The van der Waals surface area contributed by atoms with Gasteiger partial charge in [-0.2, -0.15) is 18.2 Å². The molecule has 0 spiro atoms. The molecule has 1 aliphatic heterocycles. The Kier molecular flexibility index (Phi) is 4.57. The predicted octanol–water partition coefficient (Wildman–Crippen LogP) is 4.23. The van der Waals surface area contributed by atoms with Crippen LogP contribution in [0.5, 0.6) is 0 Å². The van der Waals surface area contributed by atoms with Gasteiger partial charge in [0.25, 0.3) is 0 Å². The lowest BCUT2D eigenvalue weighted by molar-refractivity contribution is -0.137. The van der Waals surface area contributed by atoms with Crippen LogP contribution >= 0.6 is 0 Å². The molecule has 1 fully saturated rings. The van der Waals surface area contributed by atoms with E-state index in [-0.39, 0.29) is 11.6 Å². The highest BCUT2D eigenvalue weighted by molar-refractivity contribution is 5.90. The van der Waals surface area contributed by atoms with Crippen molar-refractivity contribution in [3.05, 3.63) is 54.1 Å². The first-order chi connectivity index (χ1) is 13.0. The molecule has 27 heavy (non-hydrogen) atoms. The lowest BCUT2D eigenvalue weighted by Gasteiger charge is -2.29. The summed E-state index contributed by atoms with van der Waals surface area (Å²) in [6.45, 7) is 2.61. The zero-order valence-electron chi connectivity index (χ0n) is 14.3. The van der Waals surface area contributed by atoms with Crippen LogP contribution in [-0.2, 0) is 10.9 Å². The summed E-state index contributed by atoms with van der Waals surface area (Å²) in [6.07, 6.45) is -4.40. The molecule has 4 rings (SSSR count). The smallest absolute Gasteiger partial charge is 0.378 e. The van der Waals surface area contributed by atoms with Crippen molar-refractivity contribution >= 4 is 28.4 Å². The third-order valence-electron chi connectivity index (χ3n) is 4.34. The Hall–Kier alpha value is -2.87. The number of fused-ring (bicyclic) bond motifs is 1. The average Bonchev–Trinajstić information content (AvgIpc) is 2.68. The van der Waals surface area contributed by atoms with E-state index in [1.54, 1.807) is 6.07 Å². The second-order valence-corrected chi connectivity index (χ2v) is 6.19. The summed E-state index contributed by atoms with van der Waals surface area (Å²) < 4.78 is 44.2. The summed E-state index contributed by atoms with van der Waals surface area (Å²) in [5.74, 6) is 1.01. The van der Waals surface area contributed by atoms with Gasteiger partial charge in [0, 0.05) is 24.2 Å². The van der Waals surface area contributed by atoms with E-state index in [0.29, 0.717) is 26.3 Å². The van der Waals surface area contributed by atoms with Crippen molar-refractivity contribution in [2.45, 2.75) is 6.18 Å². The highest BCUT2D eigenvalue weighted by Crippen LogP contribution is 2.32. The summed E-state index contributed by atoms with van der Waals surface area (Å²) in [5, 5.41) is 3.81. The molecular formula is C19H17F3N4O. The minimum absolute atomic E-state index is 0.259. The van der Waals surface area contributed by atoms with Gasteiger partial charge >= 0.3 is 6.18 Å². The fourth-order valence-corrected chi connectivity index (χ4v) is 3.03. The predicted molar refractivity (Wildman–Crippen MR) is 97.3 cm³/mol. The topological polar surface area (TPSA) is 50.3 Å². The van der Waals surface area contributed by atoms with Crippen LogP contribution in [0, 0.1) is 0 Å². The number of para-hydroxylation sites is 1. The minimum atomic E-state index is -4.40. The van der Waals surface area contributed by atoms with Crippen molar-refractivity contribution in [3.8, 4) is 0 Å². The standard InChI is InChI=1S/C19H17F3N4O/c20-19(21,22)13-4-3-5-14(12-13)23-18-24-16-7-2-1-6-15(16)17(25-18)26-8-10-27-11-9-26/h1-7,12H,8-11H2,(H,23,24,25). The van der Waals surface area contributed by atoms with Crippen molar-refractivity contribution in [3.63, 3.8) is 0 Å². The first-order valence-electron chi connectivity index (χ1n) is 8.54. The van der Waals surface area contributed by atoms with Gasteiger partial charge in [0.1, 0.15) is 5.82 Å².